The predicted molar refractivity (Wildman–Crippen MR) is 81.3 cm³/mol. The first-order valence-electron chi connectivity index (χ1n) is 6.45. The number of aldehydes is 1. The Bertz CT molecular complexity index is 758. The van der Waals surface area contributed by atoms with Crippen molar-refractivity contribution < 1.29 is 9.53 Å². The van der Waals surface area contributed by atoms with E-state index in [2.05, 4.69) is 0 Å². The van der Waals surface area contributed by atoms with E-state index in [1.54, 1.807) is 7.11 Å². The molecule has 0 atom stereocenters. The maximum Gasteiger partial charge on any atom is 0.151 e. The van der Waals surface area contributed by atoms with Crippen LogP contribution in [0.5, 0.6) is 5.75 Å². The van der Waals surface area contributed by atoms with Crippen LogP contribution < -0.4 is 4.74 Å². The van der Waals surface area contributed by atoms with E-state index in [4.69, 9.17) is 4.74 Å². The van der Waals surface area contributed by atoms with Gasteiger partial charge in [0, 0.05) is 5.56 Å². The largest absolute Gasteiger partial charge is 0.497 e. The molecule has 0 spiro atoms. The number of carbonyl (C=O) groups excluding carboxylic acids is 1. The third-order valence-electron chi connectivity index (χ3n) is 3.49. The molecule has 98 valence electrons. The summed E-state index contributed by atoms with van der Waals surface area (Å²) in [4.78, 5) is 11.5. The minimum Gasteiger partial charge on any atom is -0.497 e. The number of hydrogen-bond donors (Lipinski definition) is 0. The van der Waals surface area contributed by atoms with Gasteiger partial charge >= 0.3 is 0 Å². The first-order chi connectivity index (χ1) is 9.83. The Hall–Kier alpha value is -2.61. The van der Waals surface area contributed by atoms with Crippen LogP contribution in [0.3, 0.4) is 0 Å². The highest BCUT2D eigenvalue weighted by molar-refractivity contribution is 6.04. The Morgan fingerprint density at radius 2 is 1.65 bits per heavy atom. The first kappa shape index (κ1) is 12.4. The van der Waals surface area contributed by atoms with Gasteiger partial charge in [-0.25, -0.2) is 0 Å². The highest BCUT2D eigenvalue weighted by atomic mass is 16.5. The molecular weight excluding hydrogens is 248 g/mol. The molecule has 20 heavy (non-hydrogen) atoms. The van der Waals surface area contributed by atoms with Gasteiger partial charge in [0.1, 0.15) is 5.75 Å². The smallest absolute Gasteiger partial charge is 0.151 e. The molecule has 0 aliphatic carbocycles. The van der Waals surface area contributed by atoms with Gasteiger partial charge in [0.05, 0.1) is 7.11 Å². The Morgan fingerprint density at radius 1 is 0.900 bits per heavy atom. The second kappa shape index (κ2) is 5.17. The van der Waals surface area contributed by atoms with Crippen LogP contribution in [-0.2, 0) is 0 Å². The zero-order valence-corrected chi connectivity index (χ0v) is 11.2. The van der Waals surface area contributed by atoms with Gasteiger partial charge < -0.3 is 4.74 Å². The Labute approximate surface area is 117 Å². The third kappa shape index (κ3) is 2.05. The zero-order valence-electron chi connectivity index (χ0n) is 11.2. The highest BCUT2D eigenvalue weighted by Crippen LogP contribution is 2.30. The minimum atomic E-state index is 0.730. The van der Waals surface area contributed by atoms with Crippen molar-refractivity contribution in [2.45, 2.75) is 0 Å². The fraction of sp³-hybridized carbons (Fsp3) is 0.0556. The van der Waals surface area contributed by atoms with Crippen molar-refractivity contribution in [1.82, 2.24) is 0 Å². The summed E-state index contributed by atoms with van der Waals surface area (Å²) in [5.41, 5.74) is 2.69. The number of methoxy groups -OCH3 is 1. The van der Waals surface area contributed by atoms with Gasteiger partial charge in [-0.2, -0.15) is 0 Å². The fourth-order valence-electron chi connectivity index (χ4n) is 2.44. The second-order valence-electron chi connectivity index (χ2n) is 4.59. The molecule has 0 amide bonds. The summed E-state index contributed by atoms with van der Waals surface area (Å²) in [6.07, 6.45) is 0.932. The summed E-state index contributed by atoms with van der Waals surface area (Å²) in [5.74, 6) is 0.808. The van der Waals surface area contributed by atoms with Crippen molar-refractivity contribution in [3.63, 3.8) is 0 Å². The molecule has 0 unspecified atom stereocenters. The van der Waals surface area contributed by atoms with Gasteiger partial charge in [-0.3, -0.25) is 4.79 Å². The molecule has 0 saturated heterocycles. The molecule has 0 fully saturated rings. The lowest BCUT2D eigenvalue weighted by molar-refractivity contribution is 0.112. The van der Waals surface area contributed by atoms with E-state index >= 15 is 0 Å². The van der Waals surface area contributed by atoms with E-state index < -0.39 is 0 Å². The summed E-state index contributed by atoms with van der Waals surface area (Å²) in [5, 5.41) is 2.06. The van der Waals surface area contributed by atoms with Crippen LogP contribution in [0.1, 0.15) is 10.4 Å². The van der Waals surface area contributed by atoms with E-state index in [9.17, 15) is 4.79 Å². The lowest BCUT2D eigenvalue weighted by Gasteiger charge is -2.09. The minimum absolute atomic E-state index is 0.730. The molecule has 2 heteroatoms. The van der Waals surface area contributed by atoms with Crippen molar-refractivity contribution in [3.05, 3.63) is 66.2 Å². The SMILES string of the molecule is COc1ccc(-c2ccc3ccccc3c2C=O)cc1. The van der Waals surface area contributed by atoms with Crippen LogP contribution in [0.2, 0.25) is 0 Å². The molecule has 0 bridgehead atoms. The van der Waals surface area contributed by atoms with Crippen molar-refractivity contribution in [3.8, 4) is 16.9 Å². The van der Waals surface area contributed by atoms with E-state index in [-0.39, 0.29) is 0 Å². The maximum absolute atomic E-state index is 11.5. The van der Waals surface area contributed by atoms with Gasteiger partial charge in [0.25, 0.3) is 0 Å². The molecule has 0 saturated carbocycles. The first-order valence-corrected chi connectivity index (χ1v) is 6.45. The average molecular weight is 262 g/mol. The van der Waals surface area contributed by atoms with Gasteiger partial charge in [-0.1, -0.05) is 48.5 Å². The van der Waals surface area contributed by atoms with E-state index in [1.807, 2.05) is 60.7 Å². The van der Waals surface area contributed by atoms with Gasteiger partial charge in [0.2, 0.25) is 0 Å². The number of benzene rings is 3. The lowest BCUT2D eigenvalue weighted by Crippen LogP contribution is -1.90. The molecule has 0 radical (unpaired) electrons. The number of rotatable bonds is 3. The Kier molecular flexibility index (Phi) is 3.21. The maximum atomic E-state index is 11.5. The summed E-state index contributed by atoms with van der Waals surface area (Å²) >= 11 is 0. The number of hydrogen-bond acceptors (Lipinski definition) is 2. The standard InChI is InChI=1S/C18H14O2/c1-20-15-9-6-14(7-10-15)17-11-8-13-4-2-3-5-16(13)18(17)12-19/h2-12H,1H3. The molecule has 0 aliphatic heterocycles. The van der Waals surface area contributed by atoms with Crippen molar-refractivity contribution in [2.24, 2.45) is 0 Å². The Morgan fingerprint density at radius 3 is 2.35 bits per heavy atom. The fourth-order valence-corrected chi connectivity index (χ4v) is 2.44. The molecule has 0 heterocycles. The molecule has 2 nitrogen and oxygen atoms in total. The molecule has 3 aromatic rings. The lowest BCUT2D eigenvalue weighted by atomic mass is 9.95. The summed E-state index contributed by atoms with van der Waals surface area (Å²) < 4.78 is 5.16. The molecule has 3 aromatic carbocycles. The molecule has 0 N–H and O–H groups in total. The quantitative estimate of drug-likeness (QED) is 0.657. The van der Waals surface area contributed by atoms with E-state index in [0.29, 0.717) is 0 Å². The zero-order chi connectivity index (χ0) is 13.9. The Balaban J connectivity index is 2.22. The topological polar surface area (TPSA) is 26.3 Å². The average Bonchev–Trinajstić information content (AvgIpc) is 2.54. The van der Waals surface area contributed by atoms with Crippen molar-refractivity contribution in [1.29, 1.82) is 0 Å². The van der Waals surface area contributed by atoms with E-state index in [0.717, 1.165) is 39.5 Å². The van der Waals surface area contributed by atoms with Gasteiger partial charge in [-0.15, -0.1) is 0 Å². The van der Waals surface area contributed by atoms with Crippen LogP contribution in [0.15, 0.2) is 60.7 Å². The van der Waals surface area contributed by atoms with Crippen LogP contribution in [0, 0.1) is 0 Å². The molecular formula is C18H14O2. The summed E-state index contributed by atoms with van der Waals surface area (Å²) in [7, 11) is 1.64. The monoisotopic (exact) mass is 262 g/mol. The number of ether oxygens (including phenoxy) is 1. The normalized spacial score (nSPS) is 10.4. The number of carbonyl (C=O) groups is 1. The molecule has 0 aliphatic rings. The molecule has 0 aromatic heterocycles. The second-order valence-corrected chi connectivity index (χ2v) is 4.59. The summed E-state index contributed by atoms with van der Waals surface area (Å²) in [6.45, 7) is 0. The van der Waals surface area contributed by atoms with Crippen LogP contribution in [0.4, 0.5) is 0 Å². The van der Waals surface area contributed by atoms with Crippen LogP contribution >= 0.6 is 0 Å². The third-order valence-corrected chi connectivity index (χ3v) is 3.49. The van der Waals surface area contributed by atoms with Gasteiger partial charge in [0.15, 0.2) is 6.29 Å². The number of fused-ring (bicyclic) bond motifs is 1. The highest BCUT2D eigenvalue weighted by Gasteiger charge is 2.08. The van der Waals surface area contributed by atoms with E-state index in [1.165, 1.54) is 0 Å². The summed E-state index contributed by atoms with van der Waals surface area (Å²) in [6, 6.07) is 19.7. The van der Waals surface area contributed by atoms with Crippen LogP contribution in [-0.4, -0.2) is 13.4 Å². The van der Waals surface area contributed by atoms with Crippen molar-refractivity contribution in [2.75, 3.05) is 7.11 Å². The van der Waals surface area contributed by atoms with Crippen molar-refractivity contribution >= 4 is 17.1 Å². The predicted octanol–water partition coefficient (Wildman–Crippen LogP) is 4.33. The van der Waals surface area contributed by atoms with Gasteiger partial charge in [-0.05, 0) is 34.0 Å². The van der Waals surface area contributed by atoms with Crippen LogP contribution in [0.25, 0.3) is 21.9 Å². The molecule has 3 rings (SSSR count).